The molecule has 0 fully saturated rings. The van der Waals surface area contributed by atoms with Crippen molar-refractivity contribution in [3.8, 4) is 0 Å². The molecule has 0 saturated heterocycles. The molecule has 0 saturated carbocycles. The molecule has 2 nitrogen and oxygen atoms in total. The molecule has 0 amide bonds. The third kappa shape index (κ3) is 2.80. The van der Waals surface area contributed by atoms with Crippen molar-refractivity contribution in [3.05, 3.63) is 30.3 Å². The maximum Gasteiger partial charge on any atom is 0.117 e. The second-order valence-electron chi connectivity index (χ2n) is 3.03. The zero-order valence-corrected chi connectivity index (χ0v) is 8.45. The van der Waals surface area contributed by atoms with Crippen LogP contribution in [0.15, 0.2) is 30.3 Å². The first-order valence-corrected chi connectivity index (χ1v) is 5.54. The summed E-state index contributed by atoms with van der Waals surface area (Å²) >= 11 is 0. The van der Waals surface area contributed by atoms with Crippen LogP contribution < -0.4 is 5.30 Å². The molecule has 12 heavy (non-hydrogen) atoms. The summed E-state index contributed by atoms with van der Waals surface area (Å²) in [6.07, 6.45) is 0.661. The summed E-state index contributed by atoms with van der Waals surface area (Å²) in [4.78, 5) is 1.95. The number of hydrogen-bond acceptors (Lipinski definition) is 2. The molecule has 0 heterocycles. The highest BCUT2D eigenvalue weighted by Gasteiger charge is 2.02. The smallest absolute Gasteiger partial charge is 0.117 e. The monoisotopic (exact) mass is 183 g/mol. The van der Waals surface area contributed by atoms with Crippen molar-refractivity contribution in [3.63, 3.8) is 0 Å². The molecular weight excluding hydrogens is 169 g/mol. The van der Waals surface area contributed by atoms with E-state index in [1.54, 1.807) is 0 Å². The van der Waals surface area contributed by atoms with E-state index in [1.165, 1.54) is 0 Å². The van der Waals surface area contributed by atoms with Crippen LogP contribution in [0.1, 0.15) is 0 Å². The molecule has 0 aliphatic carbocycles. The number of rotatable bonds is 3. The lowest BCUT2D eigenvalue weighted by atomic mass is 10.4. The van der Waals surface area contributed by atoms with E-state index < -0.39 is 7.80 Å². The van der Waals surface area contributed by atoms with Gasteiger partial charge in [0, 0.05) is 5.30 Å². The molecule has 0 aliphatic heterocycles. The van der Waals surface area contributed by atoms with Crippen LogP contribution in [0.3, 0.4) is 0 Å². The van der Waals surface area contributed by atoms with Crippen molar-refractivity contribution in [1.82, 2.24) is 4.90 Å². The average Bonchev–Trinajstić information content (AvgIpc) is 2.05. The van der Waals surface area contributed by atoms with Crippen molar-refractivity contribution in [2.24, 2.45) is 0 Å². The van der Waals surface area contributed by atoms with E-state index in [-0.39, 0.29) is 0 Å². The molecule has 0 spiro atoms. The highest BCUT2D eigenvalue weighted by molar-refractivity contribution is 7.53. The fourth-order valence-corrected chi connectivity index (χ4v) is 2.32. The zero-order valence-electron chi connectivity index (χ0n) is 7.45. The minimum absolute atomic E-state index is 0.661. The van der Waals surface area contributed by atoms with Gasteiger partial charge in [-0.1, -0.05) is 30.3 Å². The van der Waals surface area contributed by atoms with Gasteiger partial charge in [0.05, 0.1) is 6.29 Å². The molecule has 1 aromatic carbocycles. The maximum absolute atomic E-state index is 11.6. The number of benzene rings is 1. The van der Waals surface area contributed by atoms with Crippen molar-refractivity contribution in [1.29, 1.82) is 0 Å². The summed E-state index contributed by atoms with van der Waals surface area (Å²) in [7, 11) is 2.28. The lowest BCUT2D eigenvalue weighted by molar-refractivity contribution is 0.470. The summed E-state index contributed by atoms with van der Waals surface area (Å²) in [5, 5.41) is 0.969. The molecule has 0 bridgehead atoms. The molecular formula is C9H14NOP. The fraction of sp³-hybridized carbons (Fsp3) is 0.333. The van der Waals surface area contributed by atoms with Crippen LogP contribution >= 0.6 is 7.80 Å². The van der Waals surface area contributed by atoms with Gasteiger partial charge in [-0.15, -0.1) is 0 Å². The van der Waals surface area contributed by atoms with E-state index in [4.69, 9.17) is 0 Å². The molecule has 0 aromatic heterocycles. The van der Waals surface area contributed by atoms with Crippen LogP contribution in [0.25, 0.3) is 0 Å². The zero-order chi connectivity index (χ0) is 8.97. The first-order valence-electron chi connectivity index (χ1n) is 3.93. The molecule has 1 atom stereocenters. The van der Waals surface area contributed by atoms with Crippen LogP contribution in [0.5, 0.6) is 0 Å². The molecule has 0 aliphatic rings. The fourth-order valence-electron chi connectivity index (χ4n) is 1.00. The SMILES string of the molecule is CN(C)C[PH](=O)c1ccccc1. The van der Waals surface area contributed by atoms with Gasteiger partial charge in [0.15, 0.2) is 0 Å². The van der Waals surface area contributed by atoms with E-state index in [1.807, 2.05) is 49.3 Å². The molecule has 3 heteroatoms. The Balaban J connectivity index is 2.66. The summed E-state index contributed by atoms with van der Waals surface area (Å²) < 4.78 is 11.6. The van der Waals surface area contributed by atoms with Crippen molar-refractivity contribution in [2.75, 3.05) is 20.4 Å². The van der Waals surface area contributed by atoms with Crippen LogP contribution in [0.2, 0.25) is 0 Å². The summed E-state index contributed by atoms with van der Waals surface area (Å²) in [5.74, 6) is 0. The molecule has 1 unspecified atom stereocenters. The van der Waals surface area contributed by atoms with Gasteiger partial charge in [0.1, 0.15) is 7.80 Å². The molecule has 1 aromatic rings. The van der Waals surface area contributed by atoms with Gasteiger partial charge in [-0.25, -0.2) is 0 Å². The number of nitrogens with zero attached hydrogens (tertiary/aromatic N) is 1. The summed E-state index contributed by atoms with van der Waals surface area (Å²) in [6.45, 7) is 0. The van der Waals surface area contributed by atoms with Crippen LogP contribution in [0.4, 0.5) is 0 Å². The Morgan fingerprint density at radius 1 is 1.25 bits per heavy atom. The van der Waals surface area contributed by atoms with Gasteiger partial charge >= 0.3 is 0 Å². The first-order chi connectivity index (χ1) is 5.70. The van der Waals surface area contributed by atoms with Gasteiger partial charge in [-0.3, -0.25) is 0 Å². The standard InChI is InChI=1S/C9H14NOP/c1-10(2)8-12(11)9-6-4-3-5-7-9/h3-7,12H,8H2,1-2H3. The Hall–Kier alpha value is -0.590. The third-order valence-electron chi connectivity index (χ3n) is 1.56. The quantitative estimate of drug-likeness (QED) is 0.660. The minimum Gasteiger partial charge on any atom is -0.321 e. The highest BCUT2D eigenvalue weighted by atomic mass is 31.1. The average molecular weight is 183 g/mol. The van der Waals surface area contributed by atoms with Gasteiger partial charge in [0.25, 0.3) is 0 Å². The molecule has 66 valence electrons. The largest absolute Gasteiger partial charge is 0.321 e. The van der Waals surface area contributed by atoms with Gasteiger partial charge < -0.3 is 9.46 Å². The Morgan fingerprint density at radius 3 is 2.33 bits per heavy atom. The molecule has 1 rings (SSSR count). The summed E-state index contributed by atoms with van der Waals surface area (Å²) in [6, 6.07) is 9.63. The Bertz CT molecular complexity index is 258. The predicted molar refractivity (Wildman–Crippen MR) is 53.6 cm³/mol. The molecule has 0 N–H and O–H groups in total. The second-order valence-corrected chi connectivity index (χ2v) is 4.77. The predicted octanol–water partition coefficient (Wildman–Crippen LogP) is 1.39. The maximum atomic E-state index is 11.6. The Kier molecular flexibility index (Phi) is 3.51. The topological polar surface area (TPSA) is 20.3 Å². The van der Waals surface area contributed by atoms with E-state index in [9.17, 15) is 4.57 Å². The van der Waals surface area contributed by atoms with Gasteiger partial charge in [0.2, 0.25) is 0 Å². The summed E-state index contributed by atoms with van der Waals surface area (Å²) in [5.41, 5.74) is 0. The Morgan fingerprint density at radius 2 is 1.83 bits per heavy atom. The van der Waals surface area contributed by atoms with Crippen molar-refractivity contribution >= 4 is 13.1 Å². The van der Waals surface area contributed by atoms with E-state index in [0.29, 0.717) is 6.29 Å². The van der Waals surface area contributed by atoms with E-state index >= 15 is 0 Å². The Labute approximate surface area is 74.0 Å². The van der Waals surface area contributed by atoms with E-state index in [2.05, 4.69) is 0 Å². The van der Waals surface area contributed by atoms with Crippen molar-refractivity contribution < 1.29 is 4.57 Å². The third-order valence-corrected chi connectivity index (χ3v) is 3.45. The van der Waals surface area contributed by atoms with Crippen LogP contribution in [0, 0.1) is 0 Å². The first kappa shape index (κ1) is 9.50. The minimum atomic E-state index is -1.59. The van der Waals surface area contributed by atoms with Gasteiger partial charge in [-0.2, -0.15) is 0 Å². The van der Waals surface area contributed by atoms with Crippen LogP contribution in [-0.4, -0.2) is 25.3 Å². The van der Waals surface area contributed by atoms with Crippen LogP contribution in [-0.2, 0) is 4.57 Å². The lowest BCUT2D eigenvalue weighted by Gasteiger charge is -2.08. The van der Waals surface area contributed by atoms with Gasteiger partial charge in [-0.05, 0) is 14.1 Å². The number of hydrogen-bond donors (Lipinski definition) is 0. The normalized spacial score (nSPS) is 13.2. The highest BCUT2D eigenvalue weighted by Crippen LogP contribution is 2.18. The lowest BCUT2D eigenvalue weighted by Crippen LogP contribution is -2.13. The second kappa shape index (κ2) is 4.44. The molecule has 0 radical (unpaired) electrons. The van der Waals surface area contributed by atoms with E-state index in [0.717, 1.165) is 5.30 Å². The van der Waals surface area contributed by atoms with Crippen molar-refractivity contribution in [2.45, 2.75) is 0 Å².